The quantitative estimate of drug-likeness (QED) is 0.213. The Kier molecular flexibility index (Phi) is 13.0. The van der Waals surface area contributed by atoms with Gasteiger partial charge in [0.2, 0.25) is 5.91 Å². The van der Waals surface area contributed by atoms with E-state index in [9.17, 15) is 4.79 Å². The van der Waals surface area contributed by atoms with Crippen LogP contribution in [0, 0.1) is 0 Å². The van der Waals surface area contributed by atoms with E-state index in [4.69, 9.17) is 0 Å². The molecule has 0 spiro atoms. The summed E-state index contributed by atoms with van der Waals surface area (Å²) in [5, 5.41) is 1.26. The number of nitrogens with zero attached hydrogens (tertiary/aromatic N) is 1. The second-order valence-corrected chi connectivity index (χ2v) is 8.53. The van der Waals surface area contributed by atoms with Gasteiger partial charge in [0.15, 0.2) is 0 Å². The zero-order valence-electron chi connectivity index (χ0n) is 20.2. The number of aromatic amines is 1. The normalized spacial score (nSPS) is 12.1. The minimum absolute atomic E-state index is 0.269. The number of amides is 1. The van der Waals surface area contributed by atoms with Crippen LogP contribution in [0.5, 0.6) is 0 Å². The first-order chi connectivity index (χ1) is 15.7. The second-order valence-electron chi connectivity index (χ2n) is 8.53. The van der Waals surface area contributed by atoms with Gasteiger partial charge in [0.05, 0.1) is 0 Å². The molecule has 174 valence electrons. The van der Waals surface area contributed by atoms with E-state index in [2.05, 4.69) is 72.8 Å². The molecule has 0 bridgehead atoms. The average Bonchev–Trinajstić information content (AvgIpc) is 3.23. The van der Waals surface area contributed by atoms with Crippen LogP contribution in [0.25, 0.3) is 10.9 Å². The van der Waals surface area contributed by atoms with Gasteiger partial charge < -0.3 is 9.88 Å². The van der Waals surface area contributed by atoms with E-state index in [1.54, 1.807) is 0 Å². The number of fused-ring (bicyclic) bond motifs is 1. The number of nitrogens with one attached hydrogen (secondary N) is 1. The van der Waals surface area contributed by atoms with E-state index in [1.165, 1.54) is 42.1 Å². The van der Waals surface area contributed by atoms with Gasteiger partial charge in [-0.25, -0.2) is 0 Å². The van der Waals surface area contributed by atoms with Crippen molar-refractivity contribution in [3.05, 3.63) is 72.5 Å². The van der Waals surface area contributed by atoms with Gasteiger partial charge in [-0.2, -0.15) is 0 Å². The Balaban J connectivity index is 1.46. The van der Waals surface area contributed by atoms with E-state index in [0.29, 0.717) is 6.42 Å². The number of carbonyl (C=O) groups excluding carboxylic acids is 1. The molecule has 0 saturated heterocycles. The summed E-state index contributed by atoms with van der Waals surface area (Å²) in [4.78, 5) is 17.6. The molecule has 1 amide bonds. The van der Waals surface area contributed by atoms with E-state index in [1.807, 2.05) is 18.0 Å². The summed E-state index contributed by atoms with van der Waals surface area (Å²) in [7, 11) is 1.93. The van der Waals surface area contributed by atoms with Crippen molar-refractivity contribution < 1.29 is 4.79 Å². The van der Waals surface area contributed by atoms with Crippen molar-refractivity contribution in [3.8, 4) is 0 Å². The van der Waals surface area contributed by atoms with Gasteiger partial charge in [-0.15, -0.1) is 0 Å². The molecule has 0 radical (unpaired) electrons. The number of allylic oxidation sites excluding steroid dienone is 6. The maximum absolute atomic E-state index is 12.4. The lowest BCUT2D eigenvalue weighted by Gasteiger charge is -2.17. The van der Waals surface area contributed by atoms with Crippen molar-refractivity contribution in [2.75, 3.05) is 13.6 Å². The van der Waals surface area contributed by atoms with E-state index in [-0.39, 0.29) is 5.91 Å². The highest BCUT2D eigenvalue weighted by molar-refractivity contribution is 5.83. The Morgan fingerprint density at radius 1 is 0.906 bits per heavy atom. The first kappa shape index (κ1) is 25.7. The second kappa shape index (κ2) is 16.1. The van der Waals surface area contributed by atoms with Crippen LogP contribution in [0.3, 0.4) is 0 Å². The van der Waals surface area contributed by atoms with Crippen LogP contribution in [0.15, 0.2) is 66.9 Å². The number of para-hydroxylation sites is 1. The summed E-state index contributed by atoms with van der Waals surface area (Å²) >= 11 is 0. The van der Waals surface area contributed by atoms with Crippen molar-refractivity contribution in [2.45, 2.75) is 77.6 Å². The molecule has 0 aliphatic carbocycles. The summed E-state index contributed by atoms with van der Waals surface area (Å²) in [5.41, 5.74) is 2.45. The Labute approximate surface area is 195 Å². The molecule has 2 rings (SSSR count). The Bertz CT molecular complexity index is 859. The summed E-state index contributed by atoms with van der Waals surface area (Å²) in [6.07, 6.45) is 27.4. The number of unbranched alkanes of at least 4 members (excludes halogenated alkanes) is 5. The molecule has 0 atom stereocenters. The van der Waals surface area contributed by atoms with Gasteiger partial charge in [-0.3, -0.25) is 4.79 Å². The van der Waals surface area contributed by atoms with E-state index < -0.39 is 0 Å². The SMILES string of the molecule is CC/C=C\C/C=C\C/C=C\CCCCCCCC(=O)N(C)CCc1c[nH]c2ccccc12. The number of benzene rings is 1. The molecule has 32 heavy (non-hydrogen) atoms. The summed E-state index contributed by atoms with van der Waals surface area (Å²) in [6.45, 7) is 2.94. The van der Waals surface area contributed by atoms with Crippen LogP contribution in [-0.2, 0) is 11.2 Å². The Morgan fingerprint density at radius 3 is 2.41 bits per heavy atom. The number of carbonyl (C=O) groups is 1. The van der Waals surface area contributed by atoms with Crippen LogP contribution < -0.4 is 0 Å². The van der Waals surface area contributed by atoms with Crippen molar-refractivity contribution in [2.24, 2.45) is 0 Å². The van der Waals surface area contributed by atoms with Crippen LogP contribution in [0.4, 0.5) is 0 Å². The summed E-state index contributed by atoms with van der Waals surface area (Å²) in [5.74, 6) is 0.269. The third-order valence-corrected chi connectivity index (χ3v) is 5.86. The van der Waals surface area contributed by atoms with Gasteiger partial charge in [-0.05, 0) is 56.6 Å². The predicted molar refractivity (Wildman–Crippen MR) is 139 cm³/mol. The standard InChI is InChI=1S/C29H42N2O/c1-3-4-5-6-7-8-9-10-11-12-13-14-15-16-17-22-29(32)31(2)24-23-26-25-30-28-21-19-18-20-27(26)28/h4-5,7-8,10-11,18-21,25,30H,3,6,9,12-17,22-24H2,1-2H3/b5-4-,8-7-,11-10-. The third kappa shape index (κ3) is 10.2. The molecular formula is C29H42N2O. The molecule has 1 N–H and O–H groups in total. The molecule has 1 aromatic carbocycles. The smallest absolute Gasteiger partial charge is 0.222 e. The van der Waals surface area contributed by atoms with Crippen molar-refractivity contribution in [3.63, 3.8) is 0 Å². The molecule has 3 heteroatoms. The highest BCUT2D eigenvalue weighted by Crippen LogP contribution is 2.18. The lowest BCUT2D eigenvalue weighted by Crippen LogP contribution is -2.28. The Morgan fingerprint density at radius 2 is 1.59 bits per heavy atom. The highest BCUT2D eigenvalue weighted by atomic mass is 16.2. The zero-order chi connectivity index (χ0) is 22.9. The third-order valence-electron chi connectivity index (χ3n) is 5.86. The monoisotopic (exact) mass is 434 g/mol. The minimum atomic E-state index is 0.269. The minimum Gasteiger partial charge on any atom is -0.361 e. The molecule has 0 aliphatic heterocycles. The van der Waals surface area contributed by atoms with Crippen molar-refractivity contribution in [1.29, 1.82) is 0 Å². The number of hydrogen-bond donors (Lipinski definition) is 1. The first-order valence-electron chi connectivity index (χ1n) is 12.5. The van der Waals surface area contributed by atoms with E-state index in [0.717, 1.165) is 45.1 Å². The number of hydrogen-bond acceptors (Lipinski definition) is 1. The van der Waals surface area contributed by atoms with Gasteiger partial charge in [0.25, 0.3) is 0 Å². The average molecular weight is 435 g/mol. The maximum atomic E-state index is 12.4. The van der Waals surface area contributed by atoms with Crippen LogP contribution in [0.2, 0.25) is 0 Å². The zero-order valence-corrected chi connectivity index (χ0v) is 20.2. The fraction of sp³-hybridized carbons (Fsp3) is 0.483. The molecule has 0 fully saturated rings. The molecule has 0 unspecified atom stereocenters. The number of H-pyrrole nitrogens is 1. The van der Waals surface area contributed by atoms with Crippen molar-refractivity contribution >= 4 is 16.8 Å². The summed E-state index contributed by atoms with van der Waals surface area (Å²) in [6, 6.07) is 8.34. The lowest BCUT2D eigenvalue weighted by molar-refractivity contribution is -0.130. The first-order valence-corrected chi connectivity index (χ1v) is 12.5. The molecular weight excluding hydrogens is 392 g/mol. The predicted octanol–water partition coefficient (Wildman–Crippen LogP) is 7.76. The van der Waals surface area contributed by atoms with Crippen LogP contribution in [0.1, 0.15) is 76.7 Å². The number of aromatic nitrogens is 1. The fourth-order valence-corrected chi connectivity index (χ4v) is 3.84. The molecule has 0 aliphatic rings. The summed E-state index contributed by atoms with van der Waals surface area (Å²) < 4.78 is 0. The fourth-order valence-electron chi connectivity index (χ4n) is 3.84. The Hall–Kier alpha value is -2.55. The molecule has 1 aromatic heterocycles. The topological polar surface area (TPSA) is 36.1 Å². The molecule has 3 nitrogen and oxygen atoms in total. The number of likely N-dealkylation sites (N-methyl/N-ethyl adjacent to an activating group) is 1. The van der Waals surface area contributed by atoms with Gasteiger partial charge in [0.1, 0.15) is 0 Å². The molecule has 2 aromatic rings. The van der Waals surface area contributed by atoms with Gasteiger partial charge >= 0.3 is 0 Å². The molecule has 0 saturated carbocycles. The van der Waals surface area contributed by atoms with Crippen LogP contribution in [-0.4, -0.2) is 29.4 Å². The number of rotatable bonds is 16. The van der Waals surface area contributed by atoms with Crippen LogP contribution >= 0.6 is 0 Å². The lowest BCUT2D eigenvalue weighted by atomic mass is 10.1. The van der Waals surface area contributed by atoms with Crippen molar-refractivity contribution in [1.82, 2.24) is 9.88 Å². The van der Waals surface area contributed by atoms with E-state index >= 15 is 0 Å². The van der Waals surface area contributed by atoms with Gasteiger partial charge in [-0.1, -0.05) is 80.8 Å². The highest BCUT2D eigenvalue weighted by Gasteiger charge is 2.10. The maximum Gasteiger partial charge on any atom is 0.222 e. The molecule has 1 heterocycles. The van der Waals surface area contributed by atoms with Gasteiger partial charge in [0, 0.05) is 37.1 Å². The largest absolute Gasteiger partial charge is 0.361 e.